The Hall–Kier alpha value is -4.25. The Bertz CT molecular complexity index is 1270. The predicted octanol–water partition coefficient (Wildman–Crippen LogP) is 4.16. The molecule has 3 aromatic rings. The van der Waals surface area contributed by atoms with Crippen LogP contribution in [0.3, 0.4) is 0 Å². The van der Waals surface area contributed by atoms with Crippen molar-refractivity contribution >= 4 is 45.8 Å². The lowest BCUT2D eigenvalue weighted by Crippen LogP contribution is -2.33. The van der Waals surface area contributed by atoms with E-state index in [9.17, 15) is 19.7 Å². The third-order valence-corrected chi connectivity index (χ3v) is 6.25. The van der Waals surface area contributed by atoms with Crippen molar-refractivity contribution in [3.05, 3.63) is 88.7 Å². The van der Waals surface area contributed by atoms with Gasteiger partial charge in [-0.25, -0.2) is 4.99 Å². The van der Waals surface area contributed by atoms with Crippen molar-refractivity contribution in [2.75, 3.05) is 12.4 Å². The number of aromatic nitrogens is 1. The number of aliphatic imine (C=N–C) groups is 1. The number of benzene rings is 2. The number of methoxy groups -OCH3 is 1. The minimum atomic E-state index is -0.700. The second-order valence-corrected chi connectivity index (χ2v) is 8.67. The first-order valence-electron chi connectivity index (χ1n) is 10.6. The molecule has 1 N–H and O–H groups in total. The Morgan fingerprint density at radius 3 is 2.69 bits per heavy atom. The van der Waals surface area contributed by atoms with Crippen LogP contribution in [0.1, 0.15) is 12.1 Å². The summed E-state index contributed by atoms with van der Waals surface area (Å²) in [6.45, 7) is 0.213. The summed E-state index contributed by atoms with van der Waals surface area (Å²) < 4.78 is 5.18. The average molecular weight is 492 g/mol. The number of carbonyl (C=O) groups is 2. The zero-order valence-electron chi connectivity index (χ0n) is 18.7. The van der Waals surface area contributed by atoms with Crippen LogP contribution >= 0.6 is 11.8 Å². The van der Waals surface area contributed by atoms with E-state index in [0.717, 1.165) is 0 Å². The van der Waals surface area contributed by atoms with E-state index in [1.54, 1.807) is 49.7 Å². The molecule has 1 fully saturated rings. The molecule has 1 aromatic heterocycles. The fraction of sp³-hybridized carbons (Fsp3) is 0.167. The zero-order chi connectivity index (χ0) is 24.8. The van der Waals surface area contributed by atoms with Gasteiger partial charge in [0.2, 0.25) is 11.8 Å². The number of carbonyl (C=O) groups excluding carboxylic acids is 2. The topological polar surface area (TPSA) is 127 Å². The van der Waals surface area contributed by atoms with Gasteiger partial charge in [0, 0.05) is 30.4 Å². The number of rotatable bonds is 8. The smallest absolute Gasteiger partial charge is 0.271 e. The minimum Gasteiger partial charge on any atom is -0.497 e. The summed E-state index contributed by atoms with van der Waals surface area (Å²) in [4.78, 5) is 46.8. The first-order chi connectivity index (χ1) is 16.9. The Morgan fingerprint density at radius 1 is 1.20 bits per heavy atom. The van der Waals surface area contributed by atoms with Gasteiger partial charge in [0.15, 0.2) is 5.17 Å². The van der Waals surface area contributed by atoms with Crippen LogP contribution in [0.25, 0.3) is 0 Å². The number of nitro groups is 1. The second-order valence-electron chi connectivity index (χ2n) is 7.50. The second kappa shape index (κ2) is 10.8. The average Bonchev–Trinajstić information content (AvgIpc) is 3.14. The molecule has 178 valence electrons. The lowest BCUT2D eigenvalue weighted by molar-refractivity contribution is -0.384. The third kappa shape index (κ3) is 6.01. The van der Waals surface area contributed by atoms with E-state index in [4.69, 9.17) is 4.74 Å². The van der Waals surface area contributed by atoms with Gasteiger partial charge in [0.1, 0.15) is 11.0 Å². The van der Waals surface area contributed by atoms with Crippen LogP contribution in [0.5, 0.6) is 5.75 Å². The molecular formula is C24H21N5O5S. The van der Waals surface area contributed by atoms with Gasteiger partial charge in [0.25, 0.3) is 5.69 Å². The summed E-state index contributed by atoms with van der Waals surface area (Å²) in [6, 6.07) is 18.2. The molecule has 4 rings (SSSR count). The molecule has 1 aliphatic heterocycles. The van der Waals surface area contributed by atoms with Crippen LogP contribution in [0.15, 0.2) is 77.9 Å². The number of hydrogen-bond acceptors (Lipinski definition) is 8. The maximum atomic E-state index is 13.2. The Morgan fingerprint density at radius 2 is 2.00 bits per heavy atom. The molecule has 35 heavy (non-hydrogen) atoms. The summed E-state index contributed by atoms with van der Waals surface area (Å²) >= 11 is 1.20. The quantitative estimate of drug-likeness (QED) is 0.370. The monoisotopic (exact) mass is 491 g/mol. The molecule has 0 saturated carbocycles. The highest BCUT2D eigenvalue weighted by Gasteiger charge is 2.39. The standard InChI is InChI=1S/C24H21N5O5S/c1-34-20-10-8-16(9-11-20)27-24-28(15-18-5-2-3-12-25-18)23(31)21(35-24)14-22(30)26-17-6-4-7-19(13-17)29(32)33/h2-13,21H,14-15H2,1H3,(H,26,30). The van der Waals surface area contributed by atoms with Gasteiger partial charge >= 0.3 is 0 Å². The largest absolute Gasteiger partial charge is 0.497 e. The van der Waals surface area contributed by atoms with E-state index in [2.05, 4.69) is 15.3 Å². The number of thioether (sulfide) groups is 1. The number of amides is 2. The van der Waals surface area contributed by atoms with Crippen molar-refractivity contribution < 1.29 is 19.2 Å². The Labute approximate surface area is 205 Å². The van der Waals surface area contributed by atoms with Crippen LogP contribution < -0.4 is 10.1 Å². The van der Waals surface area contributed by atoms with Crippen molar-refractivity contribution in [2.24, 2.45) is 4.99 Å². The van der Waals surface area contributed by atoms with E-state index in [0.29, 0.717) is 22.3 Å². The van der Waals surface area contributed by atoms with E-state index >= 15 is 0 Å². The maximum absolute atomic E-state index is 13.2. The first kappa shape index (κ1) is 23.9. The molecule has 0 bridgehead atoms. The van der Waals surface area contributed by atoms with E-state index in [-0.39, 0.29) is 30.2 Å². The van der Waals surface area contributed by atoms with Gasteiger partial charge in [-0.3, -0.25) is 29.6 Å². The molecule has 0 radical (unpaired) electrons. The third-order valence-electron chi connectivity index (χ3n) is 5.07. The molecule has 1 aliphatic rings. The minimum absolute atomic E-state index is 0.119. The lowest BCUT2D eigenvalue weighted by Gasteiger charge is -2.16. The number of nitrogens with zero attached hydrogens (tertiary/aromatic N) is 4. The van der Waals surface area contributed by atoms with Crippen LogP contribution in [-0.4, -0.2) is 44.1 Å². The van der Waals surface area contributed by atoms with Crippen LogP contribution in [-0.2, 0) is 16.1 Å². The Kier molecular flexibility index (Phi) is 7.36. The van der Waals surface area contributed by atoms with E-state index < -0.39 is 16.1 Å². The summed E-state index contributed by atoms with van der Waals surface area (Å²) in [5.74, 6) is -0.00734. The van der Waals surface area contributed by atoms with Crippen LogP contribution in [0.2, 0.25) is 0 Å². The van der Waals surface area contributed by atoms with Gasteiger partial charge in [0.05, 0.1) is 30.0 Å². The molecular weight excluding hydrogens is 470 g/mol. The molecule has 0 spiro atoms. The highest BCUT2D eigenvalue weighted by molar-refractivity contribution is 8.15. The van der Waals surface area contributed by atoms with Gasteiger partial charge in [-0.05, 0) is 42.5 Å². The summed E-state index contributed by atoms with van der Waals surface area (Å²) in [7, 11) is 1.57. The molecule has 11 heteroatoms. The molecule has 2 amide bonds. The van der Waals surface area contributed by atoms with Gasteiger partial charge in [-0.1, -0.05) is 23.9 Å². The van der Waals surface area contributed by atoms with Gasteiger partial charge < -0.3 is 10.1 Å². The van der Waals surface area contributed by atoms with Crippen LogP contribution in [0, 0.1) is 10.1 Å². The van der Waals surface area contributed by atoms with Crippen molar-refractivity contribution in [1.82, 2.24) is 9.88 Å². The molecule has 2 aromatic carbocycles. The molecule has 1 atom stereocenters. The van der Waals surface area contributed by atoms with Crippen molar-refractivity contribution in [3.63, 3.8) is 0 Å². The molecule has 0 aliphatic carbocycles. The molecule has 1 saturated heterocycles. The number of anilines is 1. The fourth-order valence-corrected chi connectivity index (χ4v) is 4.53. The summed E-state index contributed by atoms with van der Waals surface area (Å²) in [6.07, 6.45) is 1.53. The highest BCUT2D eigenvalue weighted by Crippen LogP contribution is 2.33. The number of hydrogen-bond donors (Lipinski definition) is 1. The number of nitrogens with one attached hydrogen (secondary N) is 1. The zero-order valence-corrected chi connectivity index (χ0v) is 19.5. The number of non-ortho nitro benzene ring substituents is 1. The molecule has 10 nitrogen and oxygen atoms in total. The number of nitro benzene ring substituents is 1. The molecule has 1 unspecified atom stereocenters. The summed E-state index contributed by atoms with van der Waals surface area (Å²) in [5, 5.41) is 13.4. The normalized spacial score (nSPS) is 16.4. The van der Waals surface area contributed by atoms with Crippen molar-refractivity contribution in [3.8, 4) is 5.75 Å². The van der Waals surface area contributed by atoms with Crippen LogP contribution in [0.4, 0.5) is 17.1 Å². The SMILES string of the molecule is COc1ccc(N=C2SC(CC(=O)Nc3cccc([N+](=O)[O-])c3)C(=O)N2Cc2ccccn2)cc1. The number of ether oxygens (including phenoxy) is 1. The first-order valence-corrected chi connectivity index (χ1v) is 11.5. The molecule has 2 heterocycles. The maximum Gasteiger partial charge on any atom is 0.271 e. The van der Waals surface area contributed by atoms with Gasteiger partial charge in [-0.15, -0.1) is 0 Å². The summed E-state index contributed by atoms with van der Waals surface area (Å²) in [5.41, 5.74) is 1.47. The van der Waals surface area contributed by atoms with E-state index in [1.165, 1.54) is 34.9 Å². The predicted molar refractivity (Wildman–Crippen MR) is 133 cm³/mol. The van der Waals surface area contributed by atoms with Crippen molar-refractivity contribution in [2.45, 2.75) is 18.2 Å². The number of amidine groups is 1. The van der Waals surface area contributed by atoms with E-state index in [1.807, 2.05) is 12.1 Å². The lowest BCUT2D eigenvalue weighted by atomic mass is 10.2. The highest BCUT2D eigenvalue weighted by atomic mass is 32.2. The fourth-order valence-electron chi connectivity index (χ4n) is 3.37. The van der Waals surface area contributed by atoms with Crippen molar-refractivity contribution in [1.29, 1.82) is 0 Å². The van der Waals surface area contributed by atoms with Gasteiger partial charge in [-0.2, -0.15) is 0 Å². The Balaban J connectivity index is 1.53. The number of pyridine rings is 1.